The number of amides is 3. The van der Waals surface area contributed by atoms with Gasteiger partial charge in [-0.05, 0) is 43.8 Å². The van der Waals surface area contributed by atoms with Gasteiger partial charge in [-0.3, -0.25) is 10.1 Å². The lowest BCUT2D eigenvalue weighted by molar-refractivity contribution is -0.122. The van der Waals surface area contributed by atoms with Crippen LogP contribution in [0.1, 0.15) is 34.7 Å². The van der Waals surface area contributed by atoms with Crippen LogP contribution in [0.25, 0.3) is 0 Å². The third-order valence-corrected chi connectivity index (χ3v) is 6.53. The van der Waals surface area contributed by atoms with Gasteiger partial charge in [0.05, 0.1) is 18.2 Å². The van der Waals surface area contributed by atoms with Crippen LogP contribution in [0.4, 0.5) is 14.3 Å². The zero-order valence-corrected chi connectivity index (χ0v) is 18.7. The van der Waals surface area contributed by atoms with Crippen LogP contribution in [0.2, 0.25) is 0 Å². The molecule has 4 N–H and O–H groups in total. The number of H-pyrrole nitrogens is 1. The Morgan fingerprint density at radius 1 is 1.30 bits per heavy atom. The number of nitrogens with one attached hydrogen (secondary N) is 4. The minimum atomic E-state index is -0.443. The summed E-state index contributed by atoms with van der Waals surface area (Å²) in [4.78, 5) is 32.7. The molecule has 0 aliphatic carbocycles. The molecule has 1 atom stereocenters. The number of benzene rings is 1. The Kier molecular flexibility index (Phi) is 7.29. The average Bonchev–Trinajstić information content (AvgIpc) is 3.29. The van der Waals surface area contributed by atoms with E-state index in [0.717, 1.165) is 10.6 Å². The van der Waals surface area contributed by atoms with Crippen LogP contribution < -0.4 is 16.0 Å². The van der Waals surface area contributed by atoms with Crippen LogP contribution in [0.3, 0.4) is 0 Å². The Morgan fingerprint density at radius 3 is 2.80 bits per heavy atom. The highest BCUT2D eigenvalue weighted by molar-refractivity contribution is 7.73. The molecule has 0 radical (unpaired) electrons. The number of hydrogen-bond donors (Lipinski definition) is 4. The molecule has 0 fully saturated rings. The van der Waals surface area contributed by atoms with Crippen molar-refractivity contribution in [3.8, 4) is 0 Å². The van der Waals surface area contributed by atoms with Gasteiger partial charge in [0.15, 0.2) is 9.09 Å². The lowest BCUT2D eigenvalue weighted by Gasteiger charge is -2.10. The van der Waals surface area contributed by atoms with E-state index in [-0.39, 0.29) is 30.7 Å². The maximum Gasteiger partial charge on any atom is 0.321 e. The Hall–Kier alpha value is -2.63. The summed E-state index contributed by atoms with van der Waals surface area (Å²) < 4.78 is 13.8. The summed E-state index contributed by atoms with van der Waals surface area (Å²) in [6, 6.07) is 5.56. The molecular formula is C19H20FN5O2S3. The number of aromatic amines is 1. The molecule has 11 heteroatoms. The standard InChI is InChI=1S/C19H20FN5O2S3/c1-10(15-11(2)23-19(28)30-15)16(26)21-8-14-9-29-18(24-14)25-17(27)22-7-12-4-3-5-13(20)6-12/h3-6,9-10H,7-8H2,1-2H3,(H,21,26)(H,23,28)(H2,22,24,25,27). The largest absolute Gasteiger partial charge is 0.350 e. The number of thiazole rings is 2. The second-order valence-electron chi connectivity index (χ2n) is 6.52. The molecule has 2 aromatic heterocycles. The fourth-order valence-corrected chi connectivity index (χ4v) is 4.72. The fourth-order valence-electron chi connectivity index (χ4n) is 2.70. The van der Waals surface area contributed by atoms with E-state index in [1.165, 1.54) is 34.8 Å². The molecule has 0 saturated carbocycles. The molecule has 0 saturated heterocycles. The van der Waals surface area contributed by atoms with Crippen molar-refractivity contribution in [3.63, 3.8) is 0 Å². The minimum Gasteiger partial charge on any atom is -0.350 e. The van der Waals surface area contributed by atoms with Gasteiger partial charge in [0.1, 0.15) is 5.82 Å². The molecule has 0 spiro atoms. The van der Waals surface area contributed by atoms with Crippen LogP contribution in [0.15, 0.2) is 29.6 Å². The van der Waals surface area contributed by atoms with Gasteiger partial charge in [0.25, 0.3) is 0 Å². The van der Waals surface area contributed by atoms with Crippen LogP contribution in [-0.2, 0) is 17.9 Å². The highest BCUT2D eigenvalue weighted by Gasteiger charge is 2.19. The Bertz CT molecular complexity index is 1110. The predicted octanol–water partition coefficient (Wildman–Crippen LogP) is 4.45. The first kappa shape index (κ1) is 22.1. The zero-order chi connectivity index (χ0) is 21.7. The van der Waals surface area contributed by atoms with Crippen molar-refractivity contribution in [1.29, 1.82) is 0 Å². The molecule has 3 aromatic rings. The number of halogens is 1. The van der Waals surface area contributed by atoms with Gasteiger partial charge in [0, 0.05) is 22.5 Å². The van der Waals surface area contributed by atoms with Crippen molar-refractivity contribution < 1.29 is 14.0 Å². The first-order valence-electron chi connectivity index (χ1n) is 9.03. The highest BCUT2D eigenvalue weighted by atomic mass is 32.1. The molecule has 1 unspecified atom stereocenters. The summed E-state index contributed by atoms with van der Waals surface area (Å²) in [5.41, 5.74) is 2.19. The zero-order valence-electron chi connectivity index (χ0n) is 16.2. The van der Waals surface area contributed by atoms with E-state index in [4.69, 9.17) is 12.2 Å². The molecule has 7 nitrogen and oxygen atoms in total. The lowest BCUT2D eigenvalue weighted by Crippen LogP contribution is -2.28. The predicted molar refractivity (Wildman–Crippen MR) is 119 cm³/mol. The topological polar surface area (TPSA) is 98.9 Å². The number of aryl methyl sites for hydroxylation is 1. The maximum atomic E-state index is 13.2. The van der Waals surface area contributed by atoms with Crippen LogP contribution >= 0.6 is 34.9 Å². The molecule has 3 amide bonds. The number of carbonyl (C=O) groups excluding carboxylic acids is 2. The maximum absolute atomic E-state index is 13.2. The average molecular weight is 466 g/mol. The van der Waals surface area contributed by atoms with Crippen molar-refractivity contribution >= 4 is 52.0 Å². The number of carbonyl (C=O) groups is 2. The van der Waals surface area contributed by atoms with E-state index in [9.17, 15) is 14.0 Å². The smallest absolute Gasteiger partial charge is 0.321 e. The molecule has 158 valence electrons. The van der Waals surface area contributed by atoms with Crippen molar-refractivity contribution in [1.82, 2.24) is 20.6 Å². The molecule has 2 heterocycles. The number of urea groups is 1. The molecule has 0 aliphatic rings. The summed E-state index contributed by atoms with van der Waals surface area (Å²) in [6.45, 7) is 4.17. The van der Waals surface area contributed by atoms with Gasteiger partial charge in [-0.1, -0.05) is 12.1 Å². The number of hydrogen-bond acceptors (Lipinski definition) is 6. The quantitative estimate of drug-likeness (QED) is 0.388. The van der Waals surface area contributed by atoms with E-state index >= 15 is 0 Å². The summed E-state index contributed by atoms with van der Waals surface area (Å²) in [5, 5.41) is 10.3. The SMILES string of the molecule is Cc1[nH]c(=S)sc1C(C)C(=O)NCc1csc(NC(=O)NCc2cccc(F)c2)n1. The molecule has 0 aliphatic heterocycles. The van der Waals surface area contributed by atoms with Gasteiger partial charge < -0.3 is 15.6 Å². The third-order valence-electron chi connectivity index (χ3n) is 4.21. The summed E-state index contributed by atoms with van der Waals surface area (Å²) >= 11 is 7.77. The van der Waals surface area contributed by atoms with Crippen LogP contribution in [0.5, 0.6) is 0 Å². The second kappa shape index (κ2) is 9.92. The summed E-state index contributed by atoms with van der Waals surface area (Å²) in [6.07, 6.45) is 0. The van der Waals surface area contributed by atoms with Crippen LogP contribution in [-0.4, -0.2) is 21.9 Å². The molecular weight excluding hydrogens is 445 g/mol. The fraction of sp³-hybridized carbons (Fsp3) is 0.263. The number of rotatable bonds is 7. The monoisotopic (exact) mass is 465 g/mol. The van der Waals surface area contributed by atoms with E-state index < -0.39 is 6.03 Å². The third kappa shape index (κ3) is 5.94. The van der Waals surface area contributed by atoms with Gasteiger partial charge >= 0.3 is 6.03 Å². The molecule has 0 bridgehead atoms. The Balaban J connectivity index is 1.47. The van der Waals surface area contributed by atoms with Gasteiger partial charge in [-0.2, -0.15) is 0 Å². The normalized spacial score (nSPS) is 11.7. The van der Waals surface area contributed by atoms with Gasteiger partial charge in [0.2, 0.25) is 5.91 Å². The van der Waals surface area contributed by atoms with Crippen molar-refractivity contribution in [3.05, 3.63) is 61.2 Å². The van der Waals surface area contributed by atoms with Crippen molar-refractivity contribution in [2.75, 3.05) is 5.32 Å². The van der Waals surface area contributed by atoms with E-state index in [0.29, 0.717) is 20.3 Å². The lowest BCUT2D eigenvalue weighted by atomic mass is 10.1. The minimum absolute atomic E-state index is 0.126. The van der Waals surface area contributed by atoms with E-state index in [1.54, 1.807) is 17.5 Å². The summed E-state index contributed by atoms with van der Waals surface area (Å²) in [7, 11) is 0. The van der Waals surface area contributed by atoms with Gasteiger partial charge in [-0.25, -0.2) is 14.2 Å². The summed E-state index contributed by atoms with van der Waals surface area (Å²) in [5.74, 6) is -0.806. The first-order chi connectivity index (χ1) is 14.3. The van der Waals surface area contributed by atoms with E-state index in [1.807, 2.05) is 13.8 Å². The highest BCUT2D eigenvalue weighted by Crippen LogP contribution is 2.25. The number of anilines is 1. The number of aromatic nitrogens is 2. The second-order valence-corrected chi connectivity index (χ2v) is 9.10. The first-order valence-corrected chi connectivity index (χ1v) is 11.1. The Morgan fingerprint density at radius 2 is 2.10 bits per heavy atom. The van der Waals surface area contributed by atoms with Crippen LogP contribution in [0, 0.1) is 16.7 Å². The van der Waals surface area contributed by atoms with E-state index in [2.05, 4.69) is 25.9 Å². The van der Waals surface area contributed by atoms with Crippen molar-refractivity contribution in [2.45, 2.75) is 32.9 Å². The van der Waals surface area contributed by atoms with Gasteiger partial charge in [-0.15, -0.1) is 22.7 Å². The molecule has 30 heavy (non-hydrogen) atoms. The molecule has 1 aromatic carbocycles. The molecule has 3 rings (SSSR count). The number of nitrogens with zero attached hydrogens (tertiary/aromatic N) is 1. The van der Waals surface area contributed by atoms with Crippen molar-refractivity contribution in [2.24, 2.45) is 0 Å². The Labute approximate surface area is 185 Å².